The fraction of sp³-hybridized carbons (Fsp3) is 0. The van der Waals surface area contributed by atoms with Gasteiger partial charge in [-0.3, -0.25) is 4.98 Å². The molecule has 0 saturated carbocycles. The molecule has 50 heavy (non-hydrogen) atoms. The third-order valence-corrected chi connectivity index (χ3v) is 9.01. The molecule has 0 aliphatic carbocycles. The molecule has 6 aromatic carbocycles. The molecule has 3 aromatic heterocycles. The van der Waals surface area contributed by atoms with Crippen LogP contribution in [-0.2, 0) is 0 Å². The highest BCUT2D eigenvalue weighted by Crippen LogP contribution is 2.39. The topological polar surface area (TPSA) is 64.5 Å². The van der Waals surface area contributed by atoms with Crippen molar-refractivity contribution in [2.75, 3.05) is 0 Å². The molecule has 0 radical (unpaired) electrons. The normalized spacial score (nSPS) is 11.2. The number of fused-ring (bicyclic) bond motifs is 3. The fourth-order valence-corrected chi connectivity index (χ4v) is 6.57. The number of hydrogen-bond acceptors (Lipinski definition) is 5. The van der Waals surface area contributed by atoms with Crippen LogP contribution in [0.25, 0.3) is 89.4 Å². The molecule has 0 unspecified atom stereocenters. The van der Waals surface area contributed by atoms with Gasteiger partial charge in [0.15, 0.2) is 17.5 Å². The molecule has 5 heteroatoms. The van der Waals surface area contributed by atoms with Gasteiger partial charge in [0.25, 0.3) is 0 Å². The Bertz CT molecular complexity index is 2550. The number of rotatable bonds is 6. The summed E-state index contributed by atoms with van der Waals surface area (Å²) in [7, 11) is 0. The van der Waals surface area contributed by atoms with Crippen molar-refractivity contribution in [2.24, 2.45) is 0 Å². The summed E-state index contributed by atoms with van der Waals surface area (Å²) in [5.74, 6) is 1.92. The van der Waals surface area contributed by atoms with Gasteiger partial charge in [-0.15, -0.1) is 0 Å². The van der Waals surface area contributed by atoms with Gasteiger partial charge < -0.3 is 0 Å². The summed E-state index contributed by atoms with van der Waals surface area (Å²) in [6, 6.07) is 56.2. The Morgan fingerprint density at radius 3 is 1.48 bits per heavy atom. The summed E-state index contributed by atoms with van der Waals surface area (Å²) in [5, 5.41) is 3.40. The van der Waals surface area contributed by atoms with E-state index in [1.807, 2.05) is 72.9 Å². The van der Waals surface area contributed by atoms with Gasteiger partial charge in [-0.05, 0) is 40.5 Å². The van der Waals surface area contributed by atoms with E-state index in [2.05, 4.69) is 102 Å². The van der Waals surface area contributed by atoms with Gasteiger partial charge in [0.1, 0.15) is 0 Å². The van der Waals surface area contributed by atoms with E-state index in [1.165, 1.54) is 16.5 Å². The van der Waals surface area contributed by atoms with E-state index in [-0.39, 0.29) is 0 Å². The Labute approximate surface area is 289 Å². The molecule has 9 rings (SSSR count). The van der Waals surface area contributed by atoms with Crippen LogP contribution in [0.5, 0.6) is 0 Å². The second-order valence-electron chi connectivity index (χ2n) is 12.1. The highest BCUT2D eigenvalue weighted by Gasteiger charge is 2.16. The SMILES string of the molecule is c1ccc(-c2nc(-c3ccccc3)nc(-c3ccc(-c4ccc5c(c4)nc(-c4cccnc4)c4cccc(-c6ccccc6)c45)cc3)n2)cc1. The number of nitrogens with zero attached hydrogens (tertiary/aromatic N) is 5. The van der Waals surface area contributed by atoms with Crippen molar-refractivity contribution < 1.29 is 0 Å². The molecule has 9 aromatic rings. The Morgan fingerprint density at radius 1 is 0.340 bits per heavy atom. The number of pyridine rings is 2. The summed E-state index contributed by atoms with van der Waals surface area (Å²) in [6.07, 6.45) is 3.69. The molecule has 0 saturated heterocycles. The molecular formula is C45H29N5. The van der Waals surface area contributed by atoms with Crippen LogP contribution in [0, 0.1) is 0 Å². The maximum absolute atomic E-state index is 5.27. The summed E-state index contributed by atoms with van der Waals surface area (Å²) in [5.41, 5.74) is 10.2. The molecular weight excluding hydrogens is 611 g/mol. The predicted molar refractivity (Wildman–Crippen MR) is 203 cm³/mol. The van der Waals surface area contributed by atoms with E-state index in [0.717, 1.165) is 55.4 Å². The highest BCUT2D eigenvalue weighted by atomic mass is 15.0. The maximum Gasteiger partial charge on any atom is 0.164 e. The van der Waals surface area contributed by atoms with Crippen molar-refractivity contribution in [1.29, 1.82) is 0 Å². The molecule has 3 heterocycles. The van der Waals surface area contributed by atoms with Gasteiger partial charge in [-0.25, -0.2) is 19.9 Å². The van der Waals surface area contributed by atoms with Gasteiger partial charge in [-0.1, -0.05) is 146 Å². The van der Waals surface area contributed by atoms with Crippen LogP contribution in [-0.4, -0.2) is 24.9 Å². The number of benzene rings is 6. The van der Waals surface area contributed by atoms with Gasteiger partial charge in [0.05, 0.1) is 11.2 Å². The van der Waals surface area contributed by atoms with Crippen LogP contribution in [0.2, 0.25) is 0 Å². The van der Waals surface area contributed by atoms with Crippen molar-refractivity contribution in [3.05, 3.63) is 176 Å². The third-order valence-electron chi connectivity index (χ3n) is 9.01. The van der Waals surface area contributed by atoms with E-state index >= 15 is 0 Å². The average molecular weight is 640 g/mol. The first kappa shape index (κ1) is 29.3. The van der Waals surface area contributed by atoms with E-state index in [0.29, 0.717) is 17.5 Å². The van der Waals surface area contributed by atoms with Gasteiger partial charge in [0, 0.05) is 50.8 Å². The molecule has 0 spiro atoms. The summed E-state index contributed by atoms with van der Waals surface area (Å²) in [4.78, 5) is 24.3. The van der Waals surface area contributed by atoms with Crippen LogP contribution in [0.15, 0.2) is 176 Å². The van der Waals surface area contributed by atoms with Crippen molar-refractivity contribution in [3.8, 4) is 67.7 Å². The lowest BCUT2D eigenvalue weighted by Gasteiger charge is -2.15. The highest BCUT2D eigenvalue weighted by molar-refractivity contribution is 6.17. The second-order valence-corrected chi connectivity index (χ2v) is 12.1. The maximum atomic E-state index is 5.27. The zero-order valence-electron chi connectivity index (χ0n) is 27.0. The minimum Gasteiger partial charge on any atom is -0.264 e. The minimum atomic E-state index is 0.630. The minimum absolute atomic E-state index is 0.630. The zero-order valence-corrected chi connectivity index (χ0v) is 27.0. The number of aromatic nitrogens is 5. The molecule has 0 aliphatic heterocycles. The quantitative estimate of drug-likeness (QED) is 0.169. The van der Waals surface area contributed by atoms with Crippen molar-refractivity contribution in [3.63, 3.8) is 0 Å². The lowest BCUT2D eigenvalue weighted by molar-refractivity contribution is 1.07. The van der Waals surface area contributed by atoms with Crippen LogP contribution < -0.4 is 0 Å². The summed E-state index contributed by atoms with van der Waals surface area (Å²) >= 11 is 0. The van der Waals surface area contributed by atoms with Gasteiger partial charge >= 0.3 is 0 Å². The van der Waals surface area contributed by atoms with Crippen molar-refractivity contribution in [1.82, 2.24) is 24.9 Å². The second kappa shape index (κ2) is 12.6. The molecule has 0 fully saturated rings. The Morgan fingerprint density at radius 2 is 0.880 bits per heavy atom. The first-order chi connectivity index (χ1) is 24.8. The average Bonchev–Trinajstić information content (AvgIpc) is 3.21. The fourth-order valence-electron chi connectivity index (χ4n) is 6.57. The van der Waals surface area contributed by atoms with Crippen LogP contribution in [0.1, 0.15) is 0 Å². The smallest absolute Gasteiger partial charge is 0.164 e. The lowest BCUT2D eigenvalue weighted by Crippen LogP contribution is -2.00. The van der Waals surface area contributed by atoms with Crippen molar-refractivity contribution in [2.45, 2.75) is 0 Å². The Kier molecular flexibility index (Phi) is 7.41. The van der Waals surface area contributed by atoms with E-state index in [1.54, 1.807) is 6.20 Å². The third kappa shape index (κ3) is 5.47. The standard InChI is InChI=1S/C45H29N5/c1-4-12-31(13-5-1)37-19-10-20-39-41(37)38-26-25-35(28-40(38)47-42(39)36-18-11-27-46-29-36)30-21-23-34(24-22-30)45-49-43(32-14-6-2-7-15-32)48-44(50-45)33-16-8-3-9-17-33/h1-29H. The van der Waals surface area contributed by atoms with Crippen LogP contribution in [0.4, 0.5) is 0 Å². The largest absolute Gasteiger partial charge is 0.264 e. The van der Waals surface area contributed by atoms with Crippen molar-refractivity contribution >= 4 is 21.7 Å². The molecule has 0 atom stereocenters. The van der Waals surface area contributed by atoms with Crippen LogP contribution in [0.3, 0.4) is 0 Å². The molecule has 5 nitrogen and oxygen atoms in total. The Balaban J connectivity index is 1.16. The van der Waals surface area contributed by atoms with E-state index < -0.39 is 0 Å². The predicted octanol–water partition coefficient (Wildman–Crippen LogP) is 11.0. The first-order valence-electron chi connectivity index (χ1n) is 16.6. The van der Waals surface area contributed by atoms with E-state index in [4.69, 9.17) is 19.9 Å². The molecule has 0 amide bonds. The van der Waals surface area contributed by atoms with E-state index in [9.17, 15) is 0 Å². The van der Waals surface area contributed by atoms with Gasteiger partial charge in [0.2, 0.25) is 0 Å². The van der Waals surface area contributed by atoms with Crippen LogP contribution >= 0.6 is 0 Å². The zero-order chi connectivity index (χ0) is 33.3. The number of hydrogen-bond donors (Lipinski definition) is 0. The molecule has 0 bridgehead atoms. The lowest BCUT2D eigenvalue weighted by atomic mass is 9.92. The molecule has 0 aliphatic rings. The Hall–Kier alpha value is -6.85. The summed E-state index contributed by atoms with van der Waals surface area (Å²) in [6.45, 7) is 0. The monoisotopic (exact) mass is 639 g/mol. The summed E-state index contributed by atoms with van der Waals surface area (Å²) < 4.78 is 0. The first-order valence-corrected chi connectivity index (χ1v) is 16.6. The molecule has 234 valence electrons. The van der Waals surface area contributed by atoms with Gasteiger partial charge in [-0.2, -0.15) is 0 Å². The molecule has 0 N–H and O–H groups in total.